The molecule has 1 rings (SSSR count). The van der Waals surface area contributed by atoms with Gasteiger partial charge in [0, 0.05) is 23.8 Å². The van der Waals surface area contributed by atoms with Gasteiger partial charge in [0.2, 0.25) is 0 Å². The summed E-state index contributed by atoms with van der Waals surface area (Å²) in [5, 5.41) is 2.94. The molecule has 1 amide bonds. The van der Waals surface area contributed by atoms with Crippen LogP contribution in [-0.4, -0.2) is 22.8 Å². The Morgan fingerprint density at radius 3 is 2.76 bits per heavy atom. The van der Waals surface area contributed by atoms with Crippen LogP contribution in [0, 0.1) is 12.8 Å². The Morgan fingerprint density at radius 2 is 2.24 bits per heavy atom. The lowest BCUT2D eigenvalue weighted by Gasteiger charge is -2.18. The van der Waals surface area contributed by atoms with Gasteiger partial charge < -0.3 is 5.32 Å². The van der Waals surface area contributed by atoms with Gasteiger partial charge in [-0.15, -0.1) is 11.6 Å². The smallest absolute Gasteiger partial charge is 0.253 e. The first-order valence-corrected chi connectivity index (χ1v) is 6.36. The summed E-state index contributed by atoms with van der Waals surface area (Å²) in [6.07, 6.45) is 2.56. The number of rotatable bonds is 5. The van der Waals surface area contributed by atoms with Crippen molar-refractivity contribution in [3.8, 4) is 0 Å². The number of carbonyl (C=O) groups excluding carboxylic acids is 1. The summed E-state index contributed by atoms with van der Waals surface area (Å²) in [6, 6.07) is 3.56. The average molecular weight is 255 g/mol. The van der Waals surface area contributed by atoms with Crippen LogP contribution in [0.5, 0.6) is 0 Å². The number of halogens is 1. The van der Waals surface area contributed by atoms with Crippen LogP contribution in [0.4, 0.5) is 0 Å². The van der Waals surface area contributed by atoms with E-state index in [0.717, 1.165) is 12.1 Å². The summed E-state index contributed by atoms with van der Waals surface area (Å²) in [6.45, 7) is 6.05. The van der Waals surface area contributed by atoms with Crippen molar-refractivity contribution in [2.75, 3.05) is 5.88 Å². The van der Waals surface area contributed by atoms with Crippen molar-refractivity contribution >= 4 is 17.5 Å². The van der Waals surface area contributed by atoms with Gasteiger partial charge in [0.25, 0.3) is 5.91 Å². The van der Waals surface area contributed by atoms with E-state index < -0.39 is 0 Å². The Bertz CT molecular complexity index is 379. The van der Waals surface area contributed by atoms with Crippen LogP contribution in [-0.2, 0) is 0 Å². The molecule has 1 aromatic rings. The zero-order chi connectivity index (χ0) is 12.8. The summed E-state index contributed by atoms with van der Waals surface area (Å²) >= 11 is 5.85. The minimum Gasteiger partial charge on any atom is -0.348 e. The predicted octanol–water partition coefficient (Wildman–Crippen LogP) is 2.77. The van der Waals surface area contributed by atoms with Crippen molar-refractivity contribution in [1.29, 1.82) is 0 Å². The fourth-order valence-corrected chi connectivity index (χ4v) is 1.92. The van der Waals surface area contributed by atoms with Gasteiger partial charge in [-0.05, 0) is 31.4 Å². The molecule has 1 unspecified atom stereocenters. The van der Waals surface area contributed by atoms with Crippen LogP contribution in [0.15, 0.2) is 18.3 Å². The Morgan fingerprint density at radius 1 is 1.53 bits per heavy atom. The molecule has 0 aliphatic carbocycles. The van der Waals surface area contributed by atoms with Gasteiger partial charge in [0.05, 0.1) is 5.56 Å². The van der Waals surface area contributed by atoms with E-state index in [4.69, 9.17) is 11.6 Å². The molecular formula is C13H19ClN2O. The van der Waals surface area contributed by atoms with E-state index in [2.05, 4.69) is 24.1 Å². The van der Waals surface area contributed by atoms with Gasteiger partial charge in [0.15, 0.2) is 0 Å². The molecule has 94 valence electrons. The molecule has 1 heterocycles. The van der Waals surface area contributed by atoms with Gasteiger partial charge in [-0.2, -0.15) is 0 Å². The molecule has 0 saturated carbocycles. The number of nitrogens with one attached hydrogen (secondary N) is 1. The monoisotopic (exact) mass is 254 g/mol. The van der Waals surface area contributed by atoms with Crippen LogP contribution < -0.4 is 5.32 Å². The molecule has 17 heavy (non-hydrogen) atoms. The van der Waals surface area contributed by atoms with Gasteiger partial charge in [-0.3, -0.25) is 9.78 Å². The van der Waals surface area contributed by atoms with E-state index in [-0.39, 0.29) is 11.9 Å². The first kappa shape index (κ1) is 14.0. The van der Waals surface area contributed by atoms with Crippen molar-refractivity contribution in [3.05, 3.63) is 29.6 Å². The predicted molar refractivity (Wildman–Crippen MR) is 70.4 cm³/mol. The standard InChI is InChI=1S/C13H19ClN2O/c1-9(2)7-11(8-14)16-13(17)12-5-4-6-15-10(12)3/h4-6,9,11H,7-8H2,1-3H3,(H,16,17). The molecule has 1 atom stereocenters. The van der Waals surface area contributed by atoms with E-state index in [9.17, 15) is 4.79 Å². The highest BCUT2D eigenvalue weighted by atomic mass is 35.5. The van der Waals surface area contributed by atoms with Crippen LogP contribution >= 0.6 is 11.6 Å². The molecule has 0 spiro atoms. The number of aromatic nitrogens is 1. The Labute approximate surface area is 108 Å². The summed E-state index contributed by atoms with van der Waals surface area (Å²) in [7, 11) is 0. The minimum atomic E-state index is -0.0955. The third-order valence-electron chi connectivity index (χ3n) is 2.53. The Hall–Kier alpha value is -1.09. The molecule has 0 fully saturated rings. The average Bonchev–Trinajstić information content (AvgIpc) is 2.27. The SMILES string of the molecule is Cc1ncccc1C(=O)NC(CCl)CC(C)C. The third-order valence-corrected chi connectivity index (χ3v) is 2.90. The molecule has 0 aliphatic heterocycles. The molecule has 1 N–H and O–H groups in total. The number of hydrogen-bond donors (Lipinski definition) is 1. The van der Waals surface area contributed by atoms with Gasteiger partial charge in [-0.25, -0.2) is 0 Å². The number of alkyl halides is 1. The molecule has 1 aromatic heterocycles. The van der Waals surface area contributed by atoms with Gasteiger partial charge in [0.1, 0.15) is 0 Å². The first-order valence-electron chi connectivity index (χ1n) is 5.83. The van der Waals surface area contributed by atoms with Crippen molar-refractivity contribution in [1.82, 2.24) is 10.3 Å². The summed E-state index contributed by atoms with van der Waals surface area (Å²) in [5.41, 5.74) is 1.36. The molecule has 0 saturated heterocycles. The van der Waals surface area contributed by atoms with Crippen molar-refractivity contribution in [2.24, 2.45) is 5.92 Å². The van der Waals surface area contributed by atoms with Crippen LogP contribution in [0.25, 0.3) is 0 Å². The fraction of sp³-hybridized carbons (Fsp3) is 0.538. The third kappa shape index (κ3) is 4.35. The Balaban J connectivity index is 2.68. The Kier molecular flexibility index (Phi) is 5.42. The number of carbonyl (C=O) groups is 1. The number of hydrogen-bond acceptors (Lipinski definition) is 2. The van der Waals surface area contributed by atoms with E-state index in [0.29, 0.717) is 17.4 Å². The second-order valence-electron chi connectivity index (χ2n) is 4.59. The molecular weight excluding hydrogens is 236 g/mol. The molecule has 4 heteroatoms. The van der Waals surface area contributed by atoms with Crippen LogP contribution in [0.3, 0.4) is 0 Å². The van der Waals surface area contributed by atoms with Gasteiger partial charge >= 0.3 is 0 Å². The quantitative estimate of drug-likeness (QED) is 0.821. The highest BCUT2D eigenvalue weighted by Gasteiger charge is 2.15. The van der Waals surface area contributed by atoms with Crippen LogP contribution in [0.2, 0.25) is 0 Å². The van der Waals surface area contributed by atoms with Crippen LogP contribution in [0.1, 0.15) is 36.3 Å². The highest BCUT2D eigenvalue weighted by Crippen LogP contribution is 2.09. The summed E-state index contributed by atoms with van der Waals surface area (Å²) < 4.78 is 0. The fourth-order valence-electron chi connectivity index (χ4n) is 1.72. The summed E-state index contributed by atoms with van der Waals surface area (Å²) in [4.78, 5) is 16.1. The van der Waals surface area contributed by atoms with Gasteiger partial charge in [-0.1, -0.05) is 13.8 Å². The van der Waals surface area contributed by atoms with E-state index in [1.54, 1.807) is 18.3 Å². The molecule has 3 nitrogen and oxygen atoms in total. The lowest BCUT2D eigenvalue weighted by Crippen LogP contribution is -2.37. The maximum absolute atomic E-state index is 12.0. The lowest BCUT2D eigenvalue weighted by molar-refractivity contribution is 0.0935. The first-order chi connectivity index (χ1) is 8.04. The zero-order valence-electron chi connectivity index (χ0n) is 10.5. The minimum absolute atomic E-state index is 0.0174. The van der Waals surface area contributed by atoms with E-state index >= 15 is 0 Å². The maximum atomic E-state index is 12.0. The number of nitrogens with zero attached hydrogens (tertiary/aromatic N) is 1. The van der Waals surface area contributed by atoms with E-state index in [1.165, 1.54) is 0 Å². The maximum Gasteiger partial charge on any atom is 0.253 e. The highest BCUT2D eigenvalue weighted by molar-refractivity contribution is 6.18. The number of pyridine rings is 1. The number of aryl methyl sites for hydroxylation is 1. The zero-order valence-corrected chi connectivity index (χ0v) is 11.3. The molecule has 0 bridgehead atoms. The molecule has 0 aliphatic rings. The molecule has 0 radical (unpaired) electrons. The van der Waals surface area contributed by atoms with E-state index in [1.807, 2.05) is 6.92 Å². The largest absolute Gasteiger partial charge is 0.348 e. The lowest BCUT2D eigenvalue weighted by atomic mass is 10.0. The second kappa shape index (κ2) is 6.60. The van der Waals surface area contributed by atoms with Crippen molar-refractivity contribution in [2.45, 2.75) is 33.2 Å². The number of amides is 1. The normalized spacial score (nSPS) is 12.5. The second-order valence-corrected chi connectivity index (χ2v) is 4.90. The van der Waals surface area contributed by atoms with Crippen molar-refractivity contribution < 1.29 is 4.79 Å². The summed E-state index contributed by atoms with van der Waals surface area (Å²) in [5.74, 6) is 0.847. The molecule has 0 aromatic carbocycles. The van der Waals surface area contributed by atoms with Crippen molar-refractivity contribution in [3.63, 3.8) is 0 Å². The topological polar surface area (TPSA) is 42.0 Å².